The molecule has 0 bridgehead atoms. The zero-order chi connectivity index (χ0) is 18.1. The Kier molecular flexibility index (Phi) is 7.73. The van der Waals surface area contributed by atoms with Crippen molar-refractivity contribution in [3.63, 3.8) is 0 Å². The summed E-state index contributed by atoms with van der Waals surface area (Å²) in [7, 11) is 0. The van der Waals surface area contributed by atoms with Crippen molar-refractivity contribution in [3.05, 3.63) is 64.1 Å². The molecule has 0 N–H and O–H groups in total. The van der Waals surface area contributed by atoms with E-state index in [0.717, 1.165) is 47.5 Å². The number of benzene rings is 2. The maximum atomic E-state index is 5.95. The fraction of sp³-hybridized carbons (Fsp3) is 0.364. The van der Waals surface area contributed by atoms with Crippen molar-refractivity contribution < 1.29 is 9.22 Å². The Labute approximate surface area is 160 Å². The van der Waals surface area contributed by atoms with Crippen LogP contribution in [0.3, 0.4) is 0 Å². The van der Waals surface area contributed by atoms with E-state index in [9.17, 15) is 0 Å². The van der Waals surface area contributed by atoms with Gasteiger partial charge in [0.2, 0.25) is 0 Å². The fourth-order valence-corrected chi connectivity index (χ4v) is 3.40. The summed E-state index contributed by atoms with van der Waals surface area (Å²) in [5.41, 5.74) is 2.36. The average Bonchev–Trinajstić information content (AvgIpc) is 2.65. The molecular formula is C22H29BrNO+. The van der Waals surface area contributed by atoms with E-state index in [0.29, 0.717) is 0 Å². The van der Waals surface area contributed by atoms with Gasteiger partial charge in [-0.05, 0) is 56.2 Å². The molecule has 0 spiro atoms. The van der Waals surface area contributed by atoms with Crippen molar-refractivity contribution in [2.75, 3.05) is 32.8 Å². The topological polar surface area (TPSA) is 9.23 Å². The highest BCUT2D eigenvalue weighted by Gasteiger charge is 2.20. The van der Waals surface area contributed by atoms with Gasteiger partial charge in [0.05, 0.1) is 19.6 Å². The number of hydrogen-bond acceptors (Lipinski definition) is 1. The Morgan fingerprint density at radius 1 is 0.880 bits per heavy atom. The minimum Gasteiger partial charge on any atom is -0.488 e. The molecule has 0 atom stereocenters. The van der Waals surface area contributed by atoms with E-state index in [2.05, 4.69) is 85.3 Å². The monoisotopic (exact) mass is 402 g/mol. The molecule has 2 nitrogen and oxygen atoms in total. The lowest BCUT2D eigenvalue weighted by molar-refractivity contribution is -0.923. The maximum absolute atomic E-state index is 5.95. The van der Waals surface area contributed by atoms with Crippen LogP contribution in [0.15, 0.2) is 53.0 Å². The zero-order valence-electron chi connectivity index (χ0n) is 15.5. The van der Waals surface area contributed by atoms with Crippen LogP contribution < -0.4 is 4.74 Å². The van der Waals surface area contributed by atoms with Crippen LogP contribution in [0.1, 0.15) is 31.9 Å². The number of nitrogens with zero attached hydrogens (tertiary/aromatic N) is 1. The van der Waals surface area contributed by atoms with Gasteiger partial charge in [0.1, 0.15) is 18.9 Å². The van der Waals surface area contributed by atoms with Crippen molar-refractivity contribution in [3.8, 4) is 5.75 Å². The van der Waals surface area contributed by atoms with E-state index in [4.69, 9.17) is 4.74 Å². The standard InChI is InChI=1S/C22H29BrNO/c1-4-24(5-2,6-3)16-17-25-22-14-12-19(13-15-22)10-11-20-8-7-9-21(23)18-20/h7-15,18H,4-6,16-17H2,1-3H3/q+1. The molecule has 0 heterocycles. The fourth-order valence-electron chi connectivity index (χ4n) is 2.98. The first kappa shape index (κ1) is 19.7. The molecule has 0 saturated heterocycles. The molecule has 0 aromatic heterocycles. The Bertz CT molecular complexity index is 666. The molecule has 25 heavy (non-hydrogen) atoms. The number of likely N-dealkylation sites (N-methyl/N-ethyl adjacent to an activating group) is 1. The van der Waals surface area contributed by atoms with E-state index in [1.54, 1.807) is 0 Å². The molecular weight excluding hydrogens is 374 g/mol. The van der Waals surface area contributed by atoms with Crippen molar-refractivity contribution >= 4 is 28.1 Å². The van der Waals surface area contributed by atoms with Gasteiger partial charge < -0.3 is 9.22 Å². The largest absolute Gasteiger partial charge is 0.488 e. The lowest BCUT2D eigenvalue weighted by Gasteiger charge is -2.35. The highest BCUT2D eigenvalue weighted by Crippen LogP contribution is 2.17. The number of hydrogen-bond donors (Lipinski definition) is 0. The highest BCUT2D eigenvalue weighted by molar-refractivity contribution is 9.10. The lowest BCUT2D eigenvalue weighted by atomic mass is 10.1. The molecule has 2 aromatic carbocycles. The predicted octanol–water partition coefficient (Wildman–Crippen LogP) is 5.87. The molecule has 0 fully saturated rings. The number of halogens is 1. The minimum absolute atomic E-state index is 0.767. The molecule has 2 aromatic rings. The maximum Gasteiger partial charge on any atom is 0.137 e. The summed E-state index contributed by atoms with van der Waals surface area (Å²) in [5, 5.41) is 0. The Balaban J connectivity index is 1.89. The summed E-state index contributed by atoms with van der Waals surface area (Å²) in [6, 6.07) is 16.6. The Hall–Kier alpha value is -1.58. The molecule has 0 radical (unpaired) electrons. The molecule has 0 unspecified atom stereocenters. The Morgan fingerprint density at radius 3 is 2.12 bits per heavy atom. The van der Waals surface area contributed by atoms with Crippen LogP contribution in [0, 0.1) is 0 Å². The van der Waals surface area contributed by atoms with Crippen LogP contribution in [0.25, 0.3) is 12.2 Å². The van der Waals surface area contributed by atoms with Gasteiger partial charge in [0.15, 0.2) is 0 Å². The number of quaternary nitrogens is 1. The van der Waals surface area contributed by atoms with Crippen LogP contribution in [0.4, 0.5) is 0 Å². The molecule has 3 heteroatoms. The molecule has 2 rings (SSSR count). The third-order valence-corrected chi connectivity index (χ3v) is 5.54. The van der Waals surface area contributed by atoms with Gasteiger partial charge in [-0.1, -0.05) is 52.3 Å². The first-order valence-electron chi connectivity index (χ1n) is 9.12. The second kappa shape index (κ2) is 9.79. The highest BCUT2D eigenvalue weighted by atomic mass is 79.9. The predicted molar refractivity (Wildman–Crippen MR) is 112 cm³/mol. The van der Waals surface area contributed by atoms with E-state index in [-0.39, 0.29) is 0 Å². The van der Waals surface area contributed by atoms with Gasteiger partial charge in [-0.25, -0.2) is 0 Å². The van der Waals surface area contributed by atoms with Gasteiger partial charge in [-0.15, -0.1) is 0 Å². The quantitative estimate of drug-likeness (QED) is 0.376. The molecule has 0 amide bonds. The normalized spacial score (nSPS) is 11.8. The lowest BCUT2D eigenvalue weighted by Crippen LogP contribution is -2.49. The summed E-state index contributed by atoms with van der Waals surface area (Å²) in [4.78, 5) is 0. The van der Waals surface area contributed by atoms with E-state index >= 15 is 0 Å². The SMILES string of the molecule is CC[N+](CC)(CC)CCOc1ccc(C=Cc2cccc(Br)c2)cc1. The van der Waals surface area contributed by atoms with E-state index in [1.165, 1.54) is 11.1 Å². The summed E-state index contributed by atoms with van der Waals surface area (Å²) in [6.45, 7) is 12.1. The molecule has 0 saturated carbocycles. The third kappa shape index (κ3) is 6.02. The summed E-state index contributed by atoms with van der Waals surface area (Å²) in [6.07, 6.45) is 4.24. The van der Waals surface area contributed by atoms with Gasteiger partial charge in [-0.3, -0.25) is 0 Å². The van der Waals surface area contributed by atoms with Crippen LogP contribution in [0.5, 0.6) is 5.75 Å². The first-order chi connectivity index (χ1) is 12.1. The van der Waals surface area contributed by atoms with Crippen molar-refractivity contribution in [1.29, 1.82) is 0 Å². The van der Waals surface area contributed by atoms with Crippen LogP contribution in [-0.2, 0) is 0 Å². The van der Waals surface area contributed by atoms with E-state index < -0.39 is 0 Å². The second-order valence-electron chi connectivity index (χ2n) is 6.32. The molecule has 0 aliphatic rings. The first-order valence-corrected chi connectivity index (χ1v) is 9.91. The molecule has 134 valence electrons. The summed E-state index contributed by atoms with van der Waals surface area (Å²) >= 11 is 3.50. The smallest absolute Gasteiger partial charge is 0.137 e. The van der Waals surface area contributed by atoms with Crippen molar-refractivity contribution in [1.82, 2.24) is 0 Å². The summed E-state index contributed by atoms with van der Waals surface area (Å²) in [5.74, 6) is 0.945. The Morgan fingerprint density at radius 2 is 1.52 bits per heavy atom. The summed E-state index contributed by atoms with van der Waals surface area (Å²) < 4.78 is 8.17. The second-order valence-corrected chi connectivity index (χ2v) is 7.24. The van der Waals surface area contributed by atoms with Gasteiger partial charge >= 0.3 is 0 Å². The van der Waals surface area contributed by atoms with Gasteiger partial charge in [-0.2, -0.15) is 0 Å². The number of rotatable bonds is 9. The van der Waals surface area contributed by atoms with Crippen LogP contribution >= 0.6 is 15.9 Å². The van der Waals surface area contributed by atoms with E-state index in [1.807, 2.05) is 12.1 Å². The third-order valence-electron chi connectivity index (χ3n) is 5.04. The zero-order valence-corrected chi connectivity index (χ0v) is 17.1. The van der Waals surface area contributed by atoms with Crippen molar-refractivity contribution in [2.24, 2.45) is 0 Å². The average molecular weight is 403 g/mol. The molecule has 0 aliphatic carbocycles. The van der Waals surface area contributed by atoms with Crippen LogP contribution in [0.2, 0.25) is 0 Å². The molecule has 0 aliphatic heterocycles. The number of ether oxygens (including phenoxy) is 1. The van der Waals surface area contributed by atoms with Gasteiger partial charge in [0.25, 0.3) is 0 Å². The van der Waals surface area contributed by atoms with Gasteiger partial charge in [0, 0.05) is 4.47 Å². The van der Waals surface area contributed by atoms with Crippen LogP contribution in [-0.4, -0.2) is 37.3 Å². The van der Waals surface area contributed by atoms with Crippen molar-refractivity contribution in [2.45, 2.75) is 20.8 Å². The minimum atomic E-state index is 0.767.